The molecule has 0 aliphatic carbocycles. The molecule has 5 rings (SSSR count). The molecule has 0 saturated carbocycles. The standard InChI is InChI=1S/C18H16ClN3O3/c19-11-4-2-1-3-10(11)9-21-8-7-14(20-21)22-17(23)15-12-5-6-13(25-12)16(15)18(22)24/h1-4,7-8,12-13,15-16H,5-6,9H2/t12-,13-,15-,16+/m0/s1. The first-order chi connectivity index (χ1) is 12.1. The SMILES string of the molecule is O=C1[C@@H]2[C@H](C(=O)N1c1ccn(Cc3ccccc3Cl)n1)[C@@H]1CC[C@@H]2O1. The largest absolute Gasteiger partial charge is 0.373 e. The Morgan fingerprint density at radius 3 is 2.44 bits per heavy atom. The van der Waals surface area contributed by atoms with Crippen LogP contribution in [0.3, 0.4) is 0 Å². The van der Waals surface area contributed by atoms with Crippen molar-refractivity contribution in [1.29, 1.82) is 0 Å². The second kappa shape index (κ2) is 5.41. The molecule has 0 unspecified atom stereocenters. The fourth-order valence-electron chi connectivity index (χ4n) is 4.30. The minimum atomic E-state index is -0.333. The second-order valence-corrected chi connectivity index (χ2v) is 7.22. The van der Waals surface area contributed by atoms with Crippen molar-refractivity contribution in [3.05, 3.63) is 47.1 Å². The molecule has 2 amide bonds. The molecule has 0 radical (unpaired) electrons. The van der Waals surface area contributed by atoms with E-state index >= 15 is 0 Å². The molecule has 4 atom stereocenters. The van der Waals surface area contributed by atoms with Gasteiger partial charge in [-0.15, -0.1) is 0 Å². The molecule has 3 saturated heterocycles. The number of ether oxygens (including phenoxy) is 1. The Labute approximate surface area is 149 Å². The van der Waals surface area contributed by atoms with E-state index in [9.17, 15) is 9.59 Å². The molecule has 0 spiro atoms. The second-order valence-electron chi connectivity index (χ2n) is 6.82. The third-order valence-corrected chi connectivity index (χ3v) is 5.80. The third-order valence-electron chi connectivity index (χ3n) is 5.43. The lowest BCUT2D eigenvalue weighted by Gasteiger charge is -2.15. The Morgan fingerprint density at radius 2 is 1.76 bits per heavy atom. The predicted octanol–water partition coefficient (Wildman–Crippen LogP) is 2.25. The number of hydrogen-bond acceptors (Lipinski definition) is 4. The predicted molar refractivity (Wildman–Crippen MR) is 90.1 cm³/mol. The van der Waals surface area contributed by atoms with E-state index in [0.717, 1.165) is 18.4 Å². The number of rotatable bonds is 3. The van der Waals surface area contributed by atoms with Gasteiger partial charge in [0.15, 0.2) is 5.82 Å². The van der Waals surface area contributed by atoms with Gasteiger partial charge in [0.2, 0.25) is 11.8 Å². The van der Waals surface area contributed by atoms with E-state index < -0.39 is 0 Å². The molecule has 3 aliphatic heterocycles. The Kier molecular flexibility index (Phi) is 3.27. The van der Waals surface area contributed by atoms with Crippen LogP contribution in [0.5, 0.6) is 0 Å². The number of aromatic nitrogens is 2. The molecule has 3 fully saturated rings. The van der Waals surface area contributed by atoms with Gasteiger partial charge >= 0.3 is 0 Å². The van der Waals surface area contributed by atoms with E-state index in [-0.39, 0.29) is 35.9 Å². The summed E-state index contributed by atoms with van der Waals surface area (Å²) >= 11 is 6.18. The summed E-state index contributed by atoms with van der Waals surface area (Å²) in [5.74, 6) is -0.633. The monoisotopic (exact) mass is 357 g/mol. The van der Waals surface area contributed by atoms with Crippen molar-refractivity contribution in [3.63, 3.8) is 0 Å². The van der Waals surface area contributed by atoms with E-state index in [1.165, 1.54) is 4.90 Å². The number of fused-ring (bicyclic) bond motifs is 5. The van der Waals surface area contributed by atoms with Crippen LogP contribution in [0, 0.1) is 11.8 Å². The van der Waals surface area contributed by atoms with E-state index in [0.29, 0.717) is 17.4 Å². The van der Waals surface area contributed by atoms with Crippen LogP contribution in [0.1, 0.15) is 18.4 Å². The molecule has 7 heteroatoms. The summed E-state index contributed by atoms with van der Waals surface area (Å²) in [7, 11) is 0. The molecule has 2 aromatic rings. The fraction of sp³-hybridized carbons (Fsp3) is 0.389. The smallest absolute Gasteiger partial charge is 0.241 e. The summed E-state index contributed by atoms with van der Waals surface area (Å²) in [6, 6.07) is 9.24. The van der Waals surface area contributed by atoms with E-state index in [1.54, 1.807) is 16.9 Å². The minimum absolute atomic E-state index is 0.110. The molecular weight excluding hydrogens is 342 g/mol. The number of nitrogens with zero attached hydrogens (tertiary/aromatic N) is 3. The van der Waals surface area contributed by atoms with Crippen LogP contribution in [0.4, 0.5) is 5.82 Å². The van der Waals surface area contributed by atoms with Crippen molar-refractivity contribution in [2.45, 2.75) is 31.6 Å². The topological polar surface area (TPSA) is 64.4 Å². The fourth-order valence-corrected chi connectivity index (χ4v) is 4.49. The van der Waals surface area contributed by atoms with Crippen LogP contribution in [0.15, 0.2) is 36.5 Å². The van der Waals surface area contributed by atoms with Gasteiger partial charge in [0, 0.05) is 17.3 Å². The third kappa shape index (κ3) is 2.17. The minimum Gasteiger partial charge on any atom is -0.373 e. The summed E-state index contributed by atoms with van der Waals surface area (Å²) in [5.41, 5.74) is 0.932. The van der Waals surface area contributed by atoms with Gasteiger partial charge in [0.1, 0.15) is 0 Å². The van der Waals surface area contributed by atoms with Crippen LogP contribution in [0.25, 0.3) is 0 Å². The summed E-state index contributed by atoms with van der Waals surface area (Å²) in [6.07, 6.45) is 3.26. The van der Waals surface area contributed by atoms with Crippen LogP contribution >= 0.6 is 11.6 Å². The first-order valence-electron chi connectivity index (χ1n) is 8.43. The highest BCUT2D eigenvalue weighted by Crippen LogP contribution is 2.49. The summed E-state index contributed by atoms with van der Waals surface area (Å²) in [4.78, 5) is 26.8. The van der Waals surface area contributed by atoms with Crippen molar-refractivity contribution in [1.82, 2.24) is 9.78 Å². The average Bonchev–Trinajstić information content (AvgIpc) is 3.35. The van der Waals surface area contributed by atoms with Crippen LogP contribution in [-0.4, -0.2) is 33.8 Å². The molecular formula is C18H16ClN3O3. The molecule has 128 valence electrons. The number of carbonyl (C=O) groups is 2. The van der Waals surface area contributed by atoms with Gasteiger partial charge in [-0.3, -0.25) is 14.3 Å². The number of benzene rings is 1. The number of hydrogen-bond donors (Lipinski definition) is 0. The zero-order chi connectivity index (χ0) is 17.1. The lowest BCUT2D eigenvalue weighted by Crippen LogP contribution is -2.34. The van der Waals surface area contributed by atoms with Crippen molar-refractivity contribution >= 4 is 29.2 Å². The maximum absolute atomic E-state index is 12.8. The normalized spacial score (nSPS) is 30.4. The molecule has 1 aromatic heterocycles. The number of anilines is 1. The Hall–Kier alpha value is -2.18. The van der Waals surface area contributed by atoms with Crippen LogP contribution < -0.4 is 4.90 Å². The van der Waals surface area contributed by atoms with Gasteiger partial charge in [-0.2, -0.15) is 5.10 Å². The highest BCUT2D eigenvalue weighted by atomic mass is 35.5. The molecule has 1 aromatic carbocycles. The maximum atomic E-state index is 12.8. The molecule has 3 aliphatic rings. The van der Waals surface area contributed by atoms with E-state index in [2.05, 4.69) is 5.10 Å². The van der Waals surface area contributed by atoms with Crippen LogP contribution in [-0.2, 0) is 20.9 Å². The highest BCUT2D eigenvalue weighted by molar-refractivity contribution is 6.31. The molecule has 4 heterocycles. The first kappa shape index (κ1) is 15.1. The Bertz CT molecular complexity index is 852. The van der Waals surface area contributed by atoms with Crippen molar-refractivity contribution in [2.24, 2.45) is 11.8 Å². The van der Waals surface area contributed by atoms with Gasteiger partial charge < -0.3 is 4.74 Å². The average molecular weight is 358 g/mol. The highest BCUT2D eigenvalue weighted by Gasteiger charge is 2.63. The van der Waals surface area contributed by atoms with Gasteiger partial charge in [0.25, 0.3) is 0 Å². The summed E-state index contributed by atoms with van der Waals surface area (Å²) in [5, 5.41) is 5.09. The molecule has 0 N–H and O–H groups in total. The quantitative estimate of drug-likeness (QED) is 0.790. The maximum Gasteiger partial charge on any atom is 0.241 e. The summed E-state index contributed by atoms with van der Waals surface area (Å²) in [6.45, 7) is 0.483. The summed E-state index contributed by atoms with van der Waals surface area (Å²) < 4.78 is 7.44. The molecule has 6 nitrogen and oxygen atoms in total. The Morgan fingerprint density at radius 1 is 1.08 bits per heavy atom. The van der Waals surface area contributed by atoms with E-state index in [1.807, 2.05) is 24.3 Å². The lowest BCUT2D eigenvalue weighted by atomic mass is 9.81. The van der Waals surface area contributed by atoms with Crippen molar-refractivity contribution in [3.8, 4) is 0 Å². The molecule has 2 bridgehead atoms. The first-order valence-corrected chi connectivity index (χ1v) is 8.81. The molecule has 25 heavy (non-hydrogen) atoms. The number of halogens is 1. The van der Waals surface area contributed by atoms with Gasteiger partial charge in [-0.25, -0.2) is 4.90 Å². The lowest BCUT2D eigenvalue weighted by molar-refractivity contribution is -0.124. The Balaban J connectivity index is 1.41. The van der Waals surface area contributed by atoms with Gasteiger partial charge in [-0.05, 0) is 24.5 Å². The number of imide groups is 1. The zero-order valence-corrected chi connectivity index (χ0v) is 14.1. The van der Waals surface area contributed by atoms with Crippen molar-refractivity contribution in [2.75, 3.05) is 4.90 Å². The zero-order valence-electron chi connectivity index (χ0n) is 13.3. The van der Waals surface area contributed by atoms with Gasteiger partial charge in [0.05, 0.1) is 30.6 Å². The van der Waals surface area contributed by atoms with Crippen molar-refractivity contribution < 1.29 is 14.3 Å². The van der Waals surface area contributed by atoms with E-state index in [4.69, 9.17) is 16.3 Å². The number of carbonyl (C=O) groups excluding carboxylic acids is 2. The van der Waals surface area contributed by atoms with Gasteiger partial charge in [-0.1, -0.05) is 29.8 Å². The number of amides is 2. The van der Waals surface area contributed by atoms with Crippen LogP contribution in [0.2, 0.25) is 5.02 Å².